The van der Waals surface area contributed by atoms with Gasteiger partial charge in [-0.3, -0.25) is 9.00 Å². The monoisotopic (exact) mass is 256 g/mol. The van der Waals surface area contributed by atoms with Crippen LogP contribution in [0.5, 0.6) is 0 Å². The van der Waals surface area contributed by atoms with Gasteiger partial charge in [-0.05, 0) is 56.3 Å². The zero-order valence-corrected chi connectivity index (χ0v) is 10.9. The van der Waals surface area contributed by atoms with Crippen LogP contribution in [0.25, 0.3) is 0 Å². The fourth-order valence-corrected chi connectivity index (χ4v) is 6.76. The van der Waals surface area contributed by atoms with Crippen LogP contribution in [0.3, 0.4) is 0 Å². The predicted molar refractivity (Wildman–Crippen MR) is 66.2 cm³/mol. The summed E-state index contributed by atoms with van der Waals surface area (Å²) in [6.07, 6.45) is 7.40. The van der Waals surface area contributed by atoms with Crippen molar-refractivity contribution in [3.63, 3.8) is 0 Å². The minimum absolute atomic E-state index is 0.00417. The number of hydrogen-bond donors (Lipinski definition) is 1. The van der Waals surface area contributed by atoms with Crippen LogP contribution in [0.15, 0.2) is 0 Å². The second-order valence-electron chi connectivity index (χ2n) is 6.29. The molecular formula is C13H20O3S. The van der Waals surface area contributed by atoms with Crippen molar-refractivity contribution in [3.05, 3.63) is 0 Å². The van der Waals surface area contributed by atoms with Crippen LogP contribution in [0.4, 0.5) is 0 Å². The molecule has 4 heteroatoms. The Hall–Kier alpha value is -0.380. The molecule has 0 amide bonds. The molecule has 4 aliphatic carbocycles. The zero-order chi connectivity index (χ0) is 12.0. The molecule has 96 valence electrons. The van der Waals surface area contributed by atoms with Gasteiger partial charge >= 0.3 is 5.97 Å². The Bertz CT molecular complexity index is 328. The van der Waals surface area contributed by atoms with Crippen LogP contribution in [-0.4, -0.2) is 25.8 Å². The molecule has 0 aliphatic heterocycles. The fourth-order valence-electron chi connectivity index (χ4n) is 4.71. The molecule has 1 N–H and O–H groups in total. The second-order valence-corrected chi connectivity index (χ2v) is 8.26. The Morgan fingerprint density at radius 1 is 1.12 bits per heavy atom. The first-order chi connectivity index (χ1) is 8.07. The summed E-state index contributed by atoms with van der Waals surface area (Å²) in [7, 11) is -0.926. The Balaban J connectivity index is 1.73. The van der Waals surface area contributed by atoms with Crippen molar-refractivity contribution in [2.45, 2.75) is 49.7 Å². The molecule has 0 spiro atoms. The lowest BCUT2D eigenvalue weighted by Gasteiger charge is -2.56. The topological polar surface area (TPSA) is 54.4 Å². The van der Waals surface area contributed by atoms with E-state index >= 15 is 0 Å². The molecule has 0 radical (unpaired) electrons. The Morgan fingerprint density at radius 2 is 1.59 bits per heavy atom. The summed E-state index contributed by atoms with van der Waals surface area (Å²) in [5.74, 6) is 1.91. The molecule has 0 aromatic rings. The van der Waals surface area contributed by atoms with Crippen LogP contribution < -0.4 is 0 Å². The lowest BCUT2D eigenvalue weighted by Crippen LogP contribution is -2.53. The molecule has 4 rings (SSSR count). The molecule has 0 saturated heterocycles. The van der Waals surface area contributed by atoms with E-state index in [-0.39, 0.29) is 11.2 Å². The highest BCUT2D eigenvalue weighted by Crippen LogP contribution is 2.57. The van der Waals surface area contributed by atoms with Crippen molar-refractivity contribution >= 4 is 16.8 Å². The molecule has 0 aromatic heterocycles. The molecule has 0 aromatic carbocycles. The van der Waals surface area contributed by atoms with Crippen molar-refractivity contribution in [3.8, 4) is 0 Å². The van der Waals surface area contributed by atoms with E-state index in [1.165, 1.54) is 19.3 Å². The third-order valence-corrected chi connectivity index (χ3v) is 7.01. The summed E-state index contributed by atoms with van der Waals surface area (Å²) in [6.45, 7) is 0. The molecule has 4 fully saturated rings. The van der Waals surface area contributed by atoms with E-state index in [1.807, 2.05) is 0 Å². The van der Waals surface area contributed by atoms with E-state index in [2.05, 4.69) is 0 Å². The second kappa shape index (κ2) is 4.08. The molecule has 1 atom stereocenters. The van der Waals surface area contributed by atoms with Gasteiger partial charge in [0.05, 0.1) is 6.42 Å². The smallest absolute Gasteiger partial charge is 0.304 e. The van der Waals surface area contributed by atoms with Gasteiger partial charge in [-0.15, -0.1) is 0 Å². The minimum atomic E-state index is -0.926. The Labute approximate surface area is 104 Å². The summed E-state index contributed by atoms with van der Waals surface area (Å²) in [6, 6.07) is 0. The average Bonchev–Trinajstić information content (AvgIpc) is 2.23. The molecule has 4 aliphatic rings. The first-order valence-corrected chi connectivity index (χ1v) is 7.99. The van der Waals surface area contributed by atoms with Gasteiger partial charge < -0.3 is 5.11 Å². The van der Waals surface area contributed by atoms with Gasteiger partial charge in [0.2, 0.25) is 0 Å². The molecule has 17 heavy (non-hydrogen) atoms. The average molecular weight is 256 g/mol. The summed E-state index contributed by atoms with van der Waals surface area (Å²) in [5, 5.41) is 8.71. The molecule has 4 saturated carbocycles. The van der Waals surface area contributed by atoms with E-state index in [0.29, 0.717) is 5.75 Å². The molecule has 1 unspecified atom stereocenters. The summed E-state index contributed by atoms with van der Waals surface area (Å²) < 4.78 is 12.5. The van der Waals surface area contributed by atoms with Crippen LogP contribution in [0.1, 0.15) is 44.9 Å². The van der Waals surface area contributed by atoms with Crippen LogP contribution in [0, 0.1) is 17.8 Å². The first kappa shape index (κ1) is 11.7. The number of aliphatic carboxylic acids is 1. The number of rotatable bonds is 4. The highest BCUT2D eigenvalue weighted by Gasteiger charge is 2.53. The van der Waals surface area contributed by atoms with Crippen molar-refractivity contribution in [2.75, 3.05) is 5.75 Å². The van der Waals surface area contributed by atoms with E-state index in [0.717, 1.165) is 37.0 Å². The van der Waals surface area contributed by atoms with Crippen LogP contribution in [0.2, 0.25) is 0 Å². The van der Waals surface area contributed by atoms with Gasteiger partial charge in [0.1, 0.15) is 0 Å². The third kappa shape index (κ3) is 2.05. The standard InChI is InChI=1S/C13H20O3S/c14-12(15)1-2-17(16)13-6-9-3-10(7-13)5-11(4-9)8-13/h9-11H,1-8H2,(H,14,15). The minimum Gasteiger partial charge on any atom is -0.481 e. The van der Waals surface area contributed by atoms with Gasteiger partial charge in [0, 0.05) is 21.3 Å². The van der Waals surface area contributed by atoms with E-state index in [1.54, 1.807) is 0 Å². The number of hydrogen-bond acceptors (Lipinski definition) is 2. The Morgan fingerprint density at radius 3 is 2.00 bits per heavy atom. The molecule has 0 heterocycles. The number of carboxylic acid groups (broad SMARTS) is 1. The number of carboxylic acids is 1. The molecule has 4 bridgehead atoms. The largest absolute Gasteiger partial charge is 0.481 e. The van der Waals surface area contributed by atoms with Gasteiger partial charge in [-0.1, -0.05) is 0 Å². The lowest BCUT2D eigenvalue weighted by molar-refractivity contribution is -0.136. The maximum absolute atomic E-state index is 12.4. The van der Waals surface area contributed by atoms with Gasteiger partial charge in [0.25, 0.3) is 0 Å². The van der Waals surface area contributed by atoms with E-state index < -0.39 is 16.8 Å². The quantitative estimate of drug-likeness (QED) is 0.838. The number of carbonyl (C=O) groups is 1. The predicted octanol–water partition coefficient (Wildman–Crippen LogP) is 2.18. The highest BCUT2D eigenvalue weighted by molar-refractivity contribution is 7.86. The van der Waals surface area contributed by atoms with Gasteiger partial charge in [0.15, 0.2) is 0 Å². The summed E-state index contributed by atoms with van der Waals surface area (Å²) in [4.78, 5) is 10.6. The lowest BCUT2D eigenvalue weighted by atomic mass is 9.56. The van der Waals surface area contributed by atoms with Crippen molar-refractivity contribution in [1.82, 2.24) is 0 Å². The normalized spacial score (nSPS) is 44.8. The summed E-state index contributed by atoms with van der Waals surface area (Å²) >= 11 is 0. The molecule has 3 nitrogen and oxygen atoms in total. The maximum atomic E-state index is 12.4. The van der Waals surface area contributed by atoms with E-state index in [4.69, 9.17) is 5.11 Å². The molecular weight excluding hydrogens is 236 g/mol. The van der Waals surface area contributed by atoms with Crippen molar-refractivity contribution < 1.29 is 14.1 Å². The highest BCUT2D eigenvalue weighted by atomic mass is 32.2. The SMILES string of the molecule is O=C(O)CCS(=O)C12CC3CC(CC(C3)C1)C2. The third-order valence-electron chi connectivity index (χ3n) is 4.97. The van der Waals surface area contributed by atoms with Gasteiger partial charge in [-0.2, -0.15) is 0 Å². The summed E-state index contributed by atoms with van der Waals surface area (Å²) in [5.41, 5.74) is 0. The van der Waals surface area contributed by atoms with Crippen molar-refractivity contribution in [2.24, 2.45) is 17.8 Å². The first-order valence-electron chi connectivity index (χ1n) is 6.68. The van der Waals surface area contributed by atoms with Crippen LogP contribution >= 0.6 is 0 Å². The Kier molecular flexibility index (Phi) is 2.80. The maximum Gasteiger partial charge on any atom is 0.304 e. The zero-order valence-electron chi connectivity index (χ0n) is 10.1. The van der Waals surface area contributed by atoms with Crippen LogP contribution in [-0.2, 0) is 15.6 Å². The van der Waals surface area contributed by atoms with Gasteiger partial charge in [-0.25, -0.2) is 0 Å². The van der Waals surface area contributed by atoms with E-state index in [9.17, 15) is 9.00 Å². The fraction of sp³-hybridized carbons (Fsp3) is 0.923. The van der Waals surface area contributed by atoms with Crippen molar-refractivity contribution in [1.29, 1.82) is 0 Å².